The van der Waals surface area contributed by atoms with Gasteiger partial charge in [-0.15, -0.1) is 0 Å². The van der Waals surface area contributed by atoms with E-state index in [0.717, 1.165) is 0 Å². The van der Waals surface area contributed by atoms with Crippen LogP contribution in [0.3, 0.4) is 0 Å². The third-order valence-electron chi connectivity index (χ3n) is 2.66. The fraction of sp³-hybridized carbons (Fsp3) is 0.900. The second kappa shape index (κ2) is 4.17. The Morgan fingerprint density at radius 2 is 1.53 bits per heavy atom. The summed E-state index contributed by atoms with van der Waals surface area (Å²) in [6, 6.07) is 0. The van der Waals surface area contributed by atoms with Crippen LogP contribution in [0.15, 0.2) is 0 Å². The van der Waals surface area contributed by atoms with Crippen LogP contribution in [0.4, 0.5) is 0 Å². The van der Waals surface area contributed by atoms with Gasteiger partial charge in [0.05, 0.1) is 31.8 Å². The van der Waals surface area contributed by atoms with Crippen LogP contribution in [0.25, 0.3) is 0 Å². The maximum atomic E-state index is 11.0. The summed E-state index contributed by atoms with van der Waals surface area (Å²) >= 11 is 0. The van der Waals surface area contributed by atoms with Crippen molar-refractivity contribution >= 4 is 5.78 Å². The van der Waals surface area contributed by atoms with E-state index in [4.69, 9.17) is 18.9 Å². The molecule has 15 heavy (non-hydrogen) atoms. The molecule has 0 unspecified atom stereocenters. The van der Waals surface area contributed by atoms with Gasteiger partial charge in [0.25, 0.3) is 0 Å². The third kappa shape index (κ3) is 2.36. The molecule has 0 aromatic carbocycles. The predicted molar refractivity (Wildman–Crippen MR) is 50.2 cm³/mol. The molecular formula is C10H16O5. The lowest BCUT2D eigenvalue weighted by Crippen LogP contribution is -2.52. The van der Waals surface area contributed by atoms with E-state index in [1.54, 1.807) is 0 Å². The number of ether oxygens (including phenoxy) is 4. The lowest BCUT2D eigenvalue weighted by Gasteiger charge is -2.42. The maximum absolute atomic E-state index is 11.0. The van der Waals surface area contributed by atoms with Crippen molar-refractivity contribution in [2.45, 2.75) is 26.4 Å². The van der Waals surface area contributed by atoms with Crippen LogP contribution in [-0.4, -0.2) is 44.8 Å². The summed E-state index contributed by atoms with van der Waals surface area (Å²) in [5.41, 5.74) is -0.238. The van der Waals surface area contributed by atoms with Gasteiger partial charge >= 0.3 is 0 Å². The lowest BCUT2D eigenvalue weighted by molar-refractivity contribution is -0.291. The molecule has 0 bridgehead atoms. The Bertz CT molecular complexity index is 234. The SMILES string of the molecule is CC(=O)C1OCC2(COC(C)OC2)CO1. The van der Waals surface area contributed by atoms with E-state index in [1.165, 1.54) is 6.92 Å². The summed E-state index contributed by atoms with van der Waals surface area (Å²) in [7, 11) is 0. The second-order valence-corrected chi connectivity index (χ2v) is 4.25. The van der Waals surface area contributed by atoms with Crippen molar-refractivity contribution in [1.29, 1.82) is 0 Å². The Hall–Kier alpha value is -0.490. The summed E-state index contributed by atoms with van der Waals surface area (Å²) < 4.78 is 21.5. The van der Waals surface area contributed by atoms with Gasteiger partial charge in [0, 0.05) is 0 Å². The topological polar surface area (TPSA) is 54.0 Å². The van der Waals surface area contributed by atoms with Crippen molar-refractivity contribution in [2.75, 3.05) is 26.4 Å². The number of ketones is 1. The molecule has 2 aliphatic heterocycles. The minimum Gasteiger partial charge on any atom is -0.352 e. The molecule has 0 atom stereocenters. The second-order valence-electron chi connectivity index (χ2n) is 4.25. The highest BCUT2D eigenvalue weighted by atomic mass is 16.7. The van der Waals surface area contributed by atoms with E-state index < -0.39 is 6.29 Å². The molecule has 0 radical (unpaired) electrons. The number of hydrogen-bond donors (Lipinski definition) is 0. The number of carbonyl (C=O) groups is 1. The first kappa shape index (κ1) is 11.0. The highest BCUT2D eigenvalue weighted by molar-refractivity contribution is 5.79. The van der Waals surface area contributed by atoms with E-state index >= 15 is 0 Å². The van der Waals surface area contributed by atoms with E-state index in [9.17, 15) is 4.79 Å². The van der Waals surface area contributed by atoms with Crippen molar-refractivity contribution in [3.8, 4) is 0 Å². The Kier molecular flexibility index (Phi) is 3.06. The Labute approximate surface area is 88.6 Å². The maximum Gasteiger partial charge on any atom is 0.217 e. The van der Waals surface area contributed by atoms with Crippen LogP contribution >= 0.6 is 0 Å². The van der Waals surface area contributed by atoms with Crippen LogP contribution < -0.4 is 0 Å². The van der Waals surface area contributed by atoms with Gasteiger partial charge in [-0.2, -0.15) is 0 Å². The summed E-state index contributed by atoms with van der Waals surface area (Å²) in [5.74, 6) is -0.101. The highest BCUT2D eigenvalue weighted by Crippen LogP contribution is 2.29. The molecule has 5 nitrogen and oxygen atoms in total. The van der Waals surface area contributed by atoms with Crippen molar-refractivity contribution < 1.29 is 23.7 Å². The van der Waals surface area contributed by atoms with E-state index in [0.29, 0.717) is 26.4 Å². The fourth-order valence-electron chi connectivity index (χ4n) is 1.67. The minimum absolute atomic E-state index is 0.101. The molecule has 1 spiro atoms. The molecule has 0 aromatic rings. The van der Waals surface area contributed by atoms with E-state index in [2.05, 4.69) is 0 Å². The summed E-state index contributed by atoms with van der Waals surface area (Å²) in [6.45, 7) is 5.32. The van der Waals surface area contributed by atoms with Crippen LogP contribution in [0.1, 0.15) is 13.8 Å². The average molecular weight is 216 g/mol. The van der Waals surface area contributed by atoms with Crippen molar-refractivity contribution in [1.82, 2.24) is 0 Å². The first-order valence-electron chi connectivity index (χ1n) is 5.08. The van der Waals surface area contributed by atoms with Crippen molar-refractivity contribution in [2.24, 2.45) is 5.41 Å². The average Bonchev–Trinajstić information content (AvgIpc) is 2.24. The fourth-order valence-corrected chi connectivity index (χ4v) is 1.67. The van der Waals surface area contributed by atoms with Gasteiger partial charge in [-0.05, 0) is 13.8 Å². The molecule has 5 heteroatoms. The number of rotatable bonds is 1. The van der Waals surface area contributed by atoms with Crippen molar-refractivity contribution in [3.05, 3.63) is 0 Å². The molecule has 0 N–H and O–H groups in total. The molecule has 0 amide bonds. The molecule has 2 rings (SSSR count). The van der Waals surface area contributed by atoms with Crippen LogP contribution in [-0.2, 0) is 23.7 Å². The van der Waals surface area contributed by atoms with E-state index in [-0.39, 0.29) is 17.5 Å². The van der Waals surface area contributed by atoms with Gasteiger partial charge in [-0.1, -0.05) is 0 Å². The van der Waals surface area contributed by atoms with Crippen molar-refractivity contribution in [3.63, 3.8) is 0 Å². The number of carbonyl (C=O) groups excluding carboxylic acids is 1. The molecule has 2 aliphatic rings. The van der Waals surface area contributed by atoms with Gasteiger partial charge < -0.3 is 18.9 Å². The molecule has 2 heterocycles. The monoisotopic (exact) mass is 216 g/mol. The standard InChI is InChI=1S/C10H16O5/c1-7(11)9-14-5-10(6-15-9)3-12-8(2)13-4-10/h8-9H,3-6H2,1-2H3. The third-order valence-corrected chi connectivity index (χ3v) is 2.66. The molecule has 2 saturated heterocycles. The van der Waals surface area contributed by atoms with Gasteiger partial charge in [0.1, 0.15) is 0 Å². The number of hydrogen-bond acceptors (Lipinski definition) is 5. The lowest BCUT2D eigenvalue weighted by atomic mass is 9.91. The normalized spacial score (nSPS) is 41.7. The molecule has 86 valence electrons. The van der Waals surface area contributed by atoms with Crippen LogP contribution in [0, 0.1) is 5.41 Å². The minimum atomic E-state index is -0.713. The largest absolute Gasteiger partial charge is 0.352 e. The quantitative estimate of drug-likeness (QED) is 0.632. The van der Waals surface area contributed by atoms with Gasteiger partial charge in [-0.3, -0.25) is 4.79 Å². The van der Waals surface area contributed by atoms with Crippen LogP contribution in [0.5, 0.6) is 0 Å². The Morgan fingerprint density at radius 1 is 1.07 bits per heavy atom. The highest BCUT2D eigenvalue weighted by Gasteiger charge is 2.42. The van der Waals surface area contributed by atoms with E-state index in [1.807, 2.05) is 6.92 Å². The first-order chi connectivity index (χ1) is 7.11. The summed E-state index contributed by atoms with van der Waals surface area (Å²) in [6.07, 6.45) is -0.879. The molecule has 0 aromatic heterocycles. The number of Topliss-reactive ketones (excluding diaryl/α,β-unsaturated/α-hetero) is 1. The van der Waals surface area contributed by atoms with Crippen LogP contribution in [0.2, 0.25) is 0 Å². The summed E-state index contributed by atoms with van der Waals surface area (Å²) in [5, 5.41) is 0. The zero-order chi connectivity index (χ0) is 10.9. The molecular weight excluding hydrogens is 200 g/mol. The zero-order valence-corrected chi connectivity index (χ0v) is 9.02. The predicted octanol–water partition coefficient (Wildman–Crippen LogP) is 0.327. The Morgan fingerprint density at radius 3 is 2.00 bits per heavy atom. The molecule has 0 saturated carbocycles. The van der Waals surface area contributed by atoms with Gasteiger partial charge in [-0.25, -0.2) is 0 Å². The summed E-state index contributed by atoms with van der Waals surface area (Å²) in [4.78, 5) is 11.0. The zero-order valence-electron chi connectivity index (χ0n) is 9.02. The Balaban J connectivity index is 1.89. The smallest absolute Gasteiger partial charge is 0.217 e. The molecule has 2 fully saturated rings. The van der Waals surface area contributed by atoms with Gasteiger partial charge in [0.15, 0.2) is 12.1 Å². The molecule has 0 aliphatic carbocycles. The first-order valence-corrected chi connectivity index (χ1v) is 5.08. The van der Waals surface area contributed by atoms with Gasteiger partial charge in [0.2, 0.25) is 6.29 Å².